The quantitative estimate of drug-likeness (QED) is 0.655. The number of nitrogens with one attached hydrogen (secondary N) is 1. The Balaban J connectivity index is 2.90. The highest BCUT2D eigenvalue weighted by atomic mass is 16.1. The van der Waals surface area contributed by atoms with Gasteiger partial charge < -0.3 is 15.8 Å². The third kappa shape index (κ3) is 2.30. The summed E-state index contributed by atoms with van der Waals surface area (Å²) in [7, 11) is 0. The van der Waals surface area contributed by atoms with Gasteiger partial charge in [-0.15, -0.1) is 0 Å². The van der Waals surface area contributed by atoms with Crippen molar-refractivity contribution in [3.8, 4) is 0 Å². The Kier molecular flexibility index (Phi) is 3.03. The molecule has 4 heteroatoms. The number of primary amides is 1. The smallest absolute Gasteiger partial charge is 0.250 e. The van der Waals surface area contributed by atoms with Crippen molar-refractivity contribution in [2.75, 3.05) is 11.9 Å². The lowest BCUT2D eigenvalue weighted by molar-refractivity contribution is -0.106. The van der Waals surface area contributed by atoms with E-state index >= 15 is 0 Å². The highest BCUT2D eigenvalue weighted by Crippen LogP contribution is 2.13. The lowest BCUT2D eigenvalue weighted by atomic mass is 10.1. The Labute approximate surface area is 75.7 Å². The van der Waals surface area contributed by atoms with Gasteiger partial charge in [0.1, 0.15) is 6.29 Å². The zero-order valence-corrected chi connectivity index (χ0v) is 6.99. The summed E-state index contributed by atoms with van der Waals surface area (Å²) in [5.74, 6) is -0.506. The van der Waals surface area contributed by atoms with E-state index in [9.17, 15) is 9.59 Å². The van der Waals surface area contributed by atoms with Gasteiger partial charge in [-0.05, 0) is 12.1 Å². The van der Waals surface area contributed by atoms with Crippen molar-refractivity contribution in [3.05, 3.63) is 29.8 Å². The summed E-state index contributed by atoms with van der Waals surface area (Å²) in [5, 5.41) is 2.78. The lowest BCUT2D eigenvalue weighted by Crippen LogP contribution is -2.14. The summed E-state index contributed by atoms with van der Waals surface area (Å²) in [5.41, 5.74) is 6.10. The van der Waals surface area contributed by atoms with E-state index in [0.717, 1.165) is 6.29 Å². The van der Waals surface area contributed by atoms with Crippen molar-refractivity contribution >= 4 is 17.9 Å². The van der Waals surface area contributed by atoms with E-state index in [-0.39, 0.29) is 6.54 Å². The van der Waals surface area contributed by atoms with Crippen LogP contribution in [0.5, 0.6) is 0 Å². The summed E-state index contributed by atoms with van der Waals surface area (Å²) in [4.78, 5) is 21.0. The number of carbonyl (C=O) groups is 2. The summed E-state index contributed by atoms with van der Waals surface area (Å²) >= 11 is 0. The Bertz CT molecular complexity index is 323. The van der Waals surface area contributed by atoms with Crippen LogP contribution < -0.4 is 11.1 Å². The normalized spacial score (nSPS) is 9.23. The number of carbonyl (C=O) groups excluding carboxylic acids is 2. The molecular weight excluding hydrogens is 168 g/mol. The van der Waals surface area contributed by atoms with Crippen molar-refractivity contribution in [2.24, 2.45) is 5.73 Å². The fourth-order valence-electron chi connectivity index (χ4n) is 1.00. The number of rotatable bonds is 4. The van der Waals surface area contributed by atoms with Crippen molar-refractivity contribution in [2.45, 2.75) is 0 Å². The Morgan fingerprint density at radius 1 is 1.46 bits per heavy atom. The van der Waals surface area contributed by atoms with E-state index in [1.54, 1.807) is 24.3 Å². The van der Waals surface area contributed by atoms with E-state index in [1.807, 2.05) is 0 Å². The van der Waals surface area contributed by atoms with Crippen molar-refractivity contribution in [1.82, 2.24) is 0 Å². The maximum absolute atomic E-state index is 10.9. The maximum atomic E-state index is 10.9. The fourth-order valence-corrected chi connectivity index (χ4v) is 1.00. The van der Waals surface area contributed by atoms with Gasteiger partial charge in [0.15, 0.2) is 0 Å². The number of hydrogen-bond donors (Lipinski definition) is 2. The highest BCUT2D eigenvalue weighted by molar-refractivity contribution is 5.98. The minimum atomic E-state index is -0.506. The molecule has 0 spiro atoms. The second-order valence-electron chi connectivity index (χ2n) is 2.46. The van der Waals surface area contributed by atoms with Gasteiger partial charge in [-0.1, -0.05) is 12.1 Å². The van der Waals surface area contributed by atoms with E-state index in [0.29, 0.717) is 11.3 Å². The van der Waals surface area contributed by atoms with Crippen LogP contribution in [0.1, 0.15) is 10.4 Å². The Hall–Kier alpha value is -1.84. The number of benzene rings is 1. The van der Waals surface area contributed by atoms with Crippen LogP contribution in [-0.4, -0.2) is 18.7 Å². The molecule has 0 radical (unpaired) electrons. The molecule has 0 heterocycles. The molecule has 0 unspecified atom stereocenters. The van der Waals surface area contributed by atoms with Crippen LogP contribution in [0.2, 0.25) is 0 Å². The number of anilines is 1. The minimum absolute atomic E-state index is 0.171. The summed E-state index contributed by atoms with van der Waals surface area (Å²) in [6.45, 7) is 0.171. The average molecular weight is 178 g/mol. The molecule has 0 aliphatic carbocycles. The van der Waals surface area contributed by atoms with E-state index in [4.69, 9.17) is 5.73 Å². The van der Waals surface area contributed by atoms with Gasteiger partial charge in [0.25, 0.3) is 5.91 Å². The molecule has 4 nitrogen and oxygen atoms in total. The molecule has 0 saturated heterocycles. The molecule has 68 valence electrons. The number of hydrogen-bond acceptors (Lipinski definition) is 3. The number of para-hydroxylation sites is 1. The van der Waals surface area contributed by atoms with Crippen LogP contribution >= 0.6 is 0 Å². The predicted octanol–water partition coefficient (Wildman–Crippen LogP) is 0.396. The van der Waals surface area contributed by atoms with Gasteiger partial charge in [0.05, 0.1) is 12.1 Å². The summed E-state index contributed by atoms with van der Waals surface area (Å²) in [6, 6.07) is 6.78. The van der Waals surface area contributed by atoms with E-state index < -0.39 is 5.91 Å². The molecule has 0 aliphatic rings. The maximum Gasteiger partial charge on any atom is 0.250 e. The summed E-state index contributed by atoms with van der Waals surface area (Å²) < 4.78 is 0. The number of aldehydes is 1. The first-order valence-electron chi connectivity index (χ1n) is 3.82. The Morgan fingerprint density at radius 2 is 2.15 bits per heavy atom. The number of nitrogens with two attached hydrogens (primary N) is 1. The van der Waals surface area contributed by atoms with Gasteiger partial charge in [0, 0.05) is 5.69 Å². The molecule has 1 aromatic carbocycles. The zero-order chi connectivity index (χ0) is 9.68. The molecule has 0 bridgehead atoms. The third-order valence-corrected chi connectivity index (χ3v) is 1.57. The standard InChI is InChI=1S/C9H10N2O2/c10-9(13)7-3-1-2-4-8(7)11-5-6-12/h1-4,6,11H,5H2,(H2,10,13). The molecule has 1 aromatic rings. The summed E-state index contributed by atoms with van der Waals surface area (Å²) in [6.07, 6.45) is 0.720. The second kappa shape index (κ2) is 4.25. The van der Waals surface area contributed by atoms with Gasteiger partial charge in [0.2, 0.25) is 0 Å². The van der Waals surface area contributed by atoms with Gasteiger partial charge in [-0.3, -0.25) is 4.79 Å². The molecule has 3 N–H and O–H groups in total. The molecule has 0 fully saturated rings. The van der Waals surface area contributed by atoms with Crippen LogP contribution in [0.25, 0.3) is 0 Å². The molecule has 0 aromatic heterocycles. The fraction of sp³-hybridized carbons (Fsp3) is 0.111. The molecule has 0 aliphatic heterocycles. The SMILES string of the molecule is NC(=O)c1ccccc1NCC=O. The van der Waals surface area contributed by atoms with Crippen molar-refractivity contribution in [3.63, 3.8) is 0 Å². The van der Waals surface area contributed by atoms with Crippen LogP contribution in [0.4, 0.5) is 5.69 Å². The van der Waals surface area contributed by atoms with Crippen LogP contribution in [0.15, 0.2) is 24.3 Å². The van der Waals surface area contributed by atoms with Gasteiger partial charge >= 0.3 is 0 Å². The first kappa shape index (κ1) is 9.25. The molecule has 0 atom stereocenters. The largest absolute Gasteiger partial charge is 0.378 e. The topological polar surface area (TPSA) is 72.2 Å². The van der Waals surface area contributed by atoms with Crippen molar-refractivity contribution < 1.29 is 9.59 Å². The lowest BCUT2D eigenvalue weighted by Gasteiger charge is -2.05. The van der Waals surface area contributed by atoms with Crippen LogP contribution in [0.3, 0.4) is 0 Å². The molecule has 1 amide bonds. The van der Waals surface area contributed by atoms with Gasteiger partial charge in [-0.25, -0.2) is 0 Å². The molecule has 0 saturated carbocycles. The highest BCUT2D eigenvalue weighted by Gasteiger charge is 2.05. The molecule has 13 heavy (non-hydrogen) atoms. The van der Waals surface area contributed by atoms with E-state index in [1.165, 1.54) is 0 Å². The monoisotopic (exact) mass is 178 g/mol. The van der Waals surface area contributed by atoms with Crippen LogP contribution in [-0.2, 0) is 4.79 Å². The first-order valence-corrected chi connectivity index (χ1v) is 3.82. The second-order valence-corrected chi connectivity index (χ2v) is 2.46. The molecular formula is C9H10N2O2. The third-order valence-electron chi connectivity index (χ3n) is 1.57. The number of amides is 1. The first-order chi connectivity index (χ1) is 6.25. The predicted molar refractivity (Wildman–Crippen MR) is 49.5 cm³/mol. The molecule has 1 rings (SSSR count). The Morgan fingerprint density at radius 3 is 2.77 bits per heavy atom. The van der Waals surface area contributed by atoms with Crippen molar-refractivity contribution in [1.29, 1.82) is 0 Å². The minimum Gasteiger partial charge on any atom is -0.378 e. The van der Waals surface area contributed by atoms with Gasteiger partial charge in [-0.2, -0.15) is 0 Å². The van der Waals surface area contributed by atoms with E-state index in [2.05, 4.69) is 5.32 Å². The average Bonchev–Trinajstić information content (AvgIpc) is 2.15. The zero-order valence-electron chi connectivity index (χ0n) is 6.99. The van der Waals surface area contributed by atoms with Crippen LogP contribution in [0, 0.1) is 0 Å².